The van der Waals surface area contributed by atoms with Crippen molar-refractivity contribution in [1.29, 1.82) is 0 Å². The van der Waals surface area contributed by atoms with Crippen molar-refractivity contribution in [3.63, 3.8) is 0 Å². The first-order chi connectivity index (χ1) is 9.97. The number of benzene rings is 1. The number of rotatable bonds is 6. The summed E-state index contributed by atoms with van der Waals surface area (Å²) in [6.45, 7) is 8.42. The number of nitrogens with zero attached hydrogens (tertiary/aromatic N) is 2. The molecule has 0 saturated carbocycles. The van der Waals surface area contributed by atoms with E-state index in [1.165, 1.54) is 15.5 Å². The first kappa shape index (κ1) is 16.6. The van der Waals surface area contributed by atoms with Crippen molar-refractivity contribution in [2.75, 3.05) is 6.54 Å². The van der Waals surface area contributed by atoms with Gasteiger partial charge in [-0.3, -0.25) is 4.68 Å². The molecule has 1 aromatic carbocycles. The third-order valence-corrected chi connectivity index (χ3v) is 4.84. The van der Waals surface area contributed by atoms with Gasteiger partial charge < -0.3 is 5.32 Å². The maximum absolute atomic E-state index is 4.57. The number of hydrogen-bond donors (Lipinski definition) is 1. The molecule has 0 saturated heterocycles. The first-order valence-electron chi connectivity index (χ1n) is 7.14. The van der Waals surface area contributed by atoms with E-state index < -0.39 is 0 Å². The quantitative estimate of drug-likeness (QED) is 0.820. The van der Waals surface area contributed by atoms with Gasteiger partial charge in [-0.25, -0.2) is 0 Å². The van der Waals surface area contributed by atoms with Crippen LogP contribution in [-0.2, 0) is 13.6 Å². The molecule has 0 aliphatic rings. The van der Waals surface area contributed by atoms with Gasteiger partial charge in [-0.2, -0.15) is 5.10 Å². The standard InChI is InChI=1S/C16H22BrN3S/c1-11(2)9-18-10-15-12(3)19-20(4)16(15)21-14-7-5-6-13(17)8-14/h5-8,11,18H,9-10H2,1-4H3. The topological polar surface area (TPSA) is 29.9 Å². The highest BCUT2D eigenvalue weighted by Crippen LogP contribution is 2.32. The maximum Gasteiger partial charge on any atom is 0.103 e. The van der Waals surface area contributed by atoms with Crippen LogP contribution in [0.4, 0.5) is 0 Å². The number of aromatic nitrogens is 2. The van der Waals surface area contributed by atoms with Gasteiger partial charge in [0.2, 0.25) is 0 Å². The van der Waals surface area contributed by atoms with Crippen molar-refractivity contribution in [3.8, 4) is 0 Å². The van der Waals surface area contributed by atoms with Crippen molar-refractivity contribution in [2.24, 2.45) is 13.0 Å². The fourth-order valence-electron chi connectivity index (χ4n) is 2.14. The van der Waals surface area contributed by atoms with Crippen LogP contribution in [0.25, 0.3) is 0 Å². The molecule has 0 unspecified atom stereocenters. The van der Waals surface area contributed by atoms with Crippen LogP contribution in [0.3, 0.4) is 0 Å². The average Bonchev–Trinajstić information content (AvgIpc) is 2.65. The highest BCUT2D eigenvalue weighted by Gasteiger charge is 2.14. The van der Waals surface area contributed by atoms with Gasteiger partial charge in [0.1, 0.15) is 5.03 Å². The lowest BCUT2D eigenvalue weighted by molar-refractivity contribution is 0.548. The van der Waals surface area contributed by atoms with Crippen LogP contribution in [0.15, 0.2) is 38.7 Å². The predicted octanol–water partition coefficient (Wildman–Crippen LogP) is 4.39. The summed E-state index contributed by atoms with van der Waals surface area (Å²) in [5.41, 5.74) is 2.40. The Labute approximate surface area is 139 Å². The molecule has 0 atom stereocenters. The summed E-state index contributed by atoms with van der Waals surface area (Å²) < 4.78 is 3.08. The van der Waals surface area contributed by atoms with E-state index in [4.69, 9.17) is 0 Å². The second-order valence-electron chi connectivity index (χ2n) is 5.58. The smallest absolute Gasteiger partial charge is 0.103 e. The Morgan fingerprint density at radius 1 is 1.38 bits per heavy atom. The average molecular weight is 368 g/mol. The van der Waals surface area contributed by atoms with Crippen molar-refractivity contribution in [3.05, 3.63) is 40.0 Å². The molecule has 3 nitrogen and oxygen atoms in total. The van der Waals surface area contributed by atoms with E-state index in [9.17, 15) is 0 Å². The van der Waals surface area contributed by atoms with E-state index in [1.807, 2.05) is 17.8 Å². The minimum atomic E-state index is 0.656. The summed E-state index contributed by atoms with van der Waals surface area (Å²) in [6, 6.07) is 8.37. The lowest BCUT2D eigenvalue weighted by Crippen LogP contribution is -2.19. The van der Waals surface area contributed by atoms with Crippen LogP contribution in [0.2, 0.25) is 0 Å². The predicted molar refractivity (Wildman–Crippen MR) is 92.8 cm³/mol. The van der Waals surface area contributed by atoms with Crippen LogP contribution in [0, 0.1) is 12.8 Å². The van der Waals surface area contributed by atoms with Gasteiger partial charge in [0.25, 0.3) is 0 Å². The summed E-state index contributed by atoms with van der Waals surface area (Å²) in [5, 5.41) is 9.30. The lowest BCUT2D eigenvalue weighted by Gasteiger charge is -2.10. The number of halogens is 1. The Bertz CT molecular complexity index is 608. The second-order valence-corrected chi connectivity index (χ2v) is 7.55. The molecule has 5 heteroatoms. The molecule has 0 aliphatic heterocycles. The normalized spacial score (nSPS) is 11.3. The number of nitrogens with one attached hydrogen (secondary N) is 1. The van der Waals surface area contributed by atoms with Crippen molar-refractivity contribution < 1.29 is 0 Å². The summed E-state index contributed by atoms with van der Waals surface area (Å²) in [7, 11) is 2.01. The highest BCUT2D eigenvalue weighted by atomic mass is 79.9. The van der Waals surface area contributed by atoms with Gasteiger partial charge in [-0.1, -0.05) is 47.6 Å². The molecule has 1 N–H and O–H groups in total. The van der Waals surface area contributed by atoms with Gasteiger partial charge in [0.15, 0.2) is 0 Å². The zero-order valence-electron chi connectivity index (χ0n) is 13.0. The Balaban J connectivity index is 2.18. The van der Waals surface area contributed by atoms with Crippen LogP contribution < -0.4 is 5.32 Å². The van der Waals surface area contributed by atoms with E-state index in [-0.39, 0.29) is 0 Å². The Kier molecular flexibility index (Phi) is 5.90. The van der Waals surface area contributed by atoms with Gasteiger partial charge in [-0.15, -0.1) is 0 Å². The molecule has 0 fully saturated rings. The summed E-state index contributed by atoms with van der Waals surface area (Å²) in [4.78, 5) is 1.22. The van der Waals surface area contributed by atoms with E-state index in [0.717, 1.165) is 23.3 Å². The van der Waals surface area contributed by atoms with E-state index in [0.29, 0.717) is 5.92 Å². The molecule has 114 valence electrons. The fourth-order valence-corrected chi connectivity index (χ4v) is 3.76. The fraction of sp³-hybridized carbons (Fsp3) is 0.438. The Hall–Kier alpha value is -0.780. The van der Waals surface area contributed by atoms with Crippen LogP contribution in [0.1, 0.15) is 25.1 Å². The van der Waals surface area contributed by atoms with Crippen molar-refractivity contribution >= 4 is 27.7 Å². The first-order valence-corrected chi connectivity index (χ1v) is 8.75. The zero-order chi connectivity index (χ0) is 15.4. The summed E-state index contributed by atoms with van der Waals surface area (Å²) in [6.07, 6.45) is 0. The summed E-state index contributed by atoms with van der Waals surface area (Å²) in [5.74, 6) is 0.656. The molecular weight excluding hydrogens is 346 g/mol. The third-order valence-electron chi connectivity index (χ3n) is 3.15. The molecule has 1 aromatic heterocycles. The molecule has 0 bridgehead atoms. The molecule has 21 heavy (non-hydrogen) atoms. The van der Waals surface area contributed by atoms with Gasteiger partial charge in [0, 0.05) is 28.5 Å². The number of aryl methyl sites for hydroxylation is 2. The molecular formula is C16H22BrN3S. The Morgan fingerprint density at radius 2 is 2.14 bits per heavy atom. The van der Waals surface area contributed by atoms with Crippen LogP contribution >= 0.6 is 27.7 Å². The second kappa shape index (κ2) is 7.47. The van der Waals surface area contributed by atoms with Gasteiger partial charge in [0.05, 0.1) is 5.69 Å². The van der Waals surface area contributed by atoms with Gasteiger partial charge >= 0.3 is 0 Å². The minimum Gasteiger partial charge on any atom is -0.312 e. The highest BCUT2D eigenvalue weighted by molar-refractivity contribution is 9.10. The van der Waals surface area contributed by atoms with Crippen LogP contribution in [0.5, 0.6) is 0 Å². The molecule has 0 spiro atoms. The molecule has 2 rings (SSSR count). The summed E-state index contributed by atoms with van der Waals surface area (Å²) >= 11 is 5.29. The molecule has 0 aliphatic carbocycles. The third kappa shape index (κ3) is 4.59. The molecule has 2 aromatic rings. The largest absolute Gasteiger partial charge is 0.312 e. The number of hydrogen-bond acceptors (Lipinski definition) is 3. The van der Waals surface area contributed by atoms with Gasteiger partial charge in [-0.05, 0) is 37.6 Å². The van der Waals surface area contributed by atoms with Crippen molar-refractivity contribution in [2.45, 2.75) is 37.2 Å². The SMILES string of the molecule is Cc1nn(C)c(Sc2cccc(Br)c2)c1CNCC(C)C. The van der Waals surface area contributed by atoms with E-state index in [1.54, 1.807) is 11.8 Å². The van der Waals surface area contributed by atoms with E-state index in [2.05, 4.69) is 65.3 Å². The van der Waals surface area contributed by atoms with Crippen LogP contribution in [-0.4, -0.2) is 16.3 Å². The lowest BCUT2D eigenvalue weighted by atomic mass is 10.2. The maximum atomic E-state index is 4.57. The molecule has 0 amide bonds. The van der Waals surface area contributed by atoms with E-state index >= 15 is 0 Å². The monoisotopic (exact) mass is 367 g/mol. The molecule has 0 radical (unpaired) electrons. The Morgan fingerprint density at radius 3 is 2.81 bits per heavy atom. The molecule has 1 heterocycles. The minimum absolute atomic E-state index is 0.656. The van der Waals surface area contributed by atoms with Crippen molar-refractivity contribution in [1.82, 2.24) is 15.1 Å². The zero-order valence-corrected chi connectivity index (χ0v) is 15.4.